The van der Waals surface area contributed by atoms with E-state index in [1.54, 1.807) is 18.5 Å². The number of halogens is 1. The molecule has 0 fully saturated rings. The Balaban J connectivity index is 1.45. The van der Waals surface area contributed by atoms with Gasteiger partial charge in [-0.3, -0.25) is 14.4 Å². The molecule has 1 heterocycles. The average molecular weight is 485 g/mol. The van der Waals surface area contributed by atoms with Crippen LogP contribution in [0.5, 0.6) is 0 Å². The lowest BCUT2D eigenvalue weighted by Crippen LogP contribution is -2.26. The summed E-state index contributed by atoms with van der Waals surface area (Å²) in [7, 11) is 0. The molecule has 2 N–H and O–H groups in total. The van der Waals surface area contributed by atoms with Gasteiger partial charge < -0.3 is 15.4 Å². The fourth-order valence-corrected chi connectivity index (χ4v) is 3.75. The van der Waals surface area contributed by atoms with Gasteiger partial charge >= 0.3 is 5.97 Å². The minimum atomic E-state index is -0.656. The Bertz CT molecular complexity index is 1170. The van der Waals surface area contributed by atoms with Crippen LogP contribution < -0.4 is 10.6 Å². The number of carbonyl (C=O) groups excluding carboxylic acids is 3. The van der Waals surface area contributed by atoms with E-state index in [4.69, 9.17) is 4.74 Å². The highest BCUT2D eigenvalue weighted by Crippen LogP contribution is 2.22. The van der Waals surface area contributed by atoms with Crippen molar-refractivity contribution in [1.29, 1.82) is 0 Å². The van der Waals surface area contributed by atoms with Crippen LogP contribution in [0.1, 0.15) is 18.3 Å². The maximum absolute atomic E-state index is 12.9. The number of nitrogens with one attached hydrogen (secondary N) is 2. The average Bonchev–Trinajstić information content (AvgIpc) is 3.11. The molecular weight excluding hydrogens is 459 g/mol. The summed E-state index contributed by atoms with van der Waals surface area (Å²) in [4.78, 5) is 36.6. The van der Waals surface area contributed by atoms with E-state index in [2.05, 4.69) is 15.7 Å². The number of anilines is 2. The van der Waals surface area contributed by atoms with Crippen LogP contribution in [-0.4, -0.2) is 45.2 Å². The number of thioether (sulfide) groups is 1. The number of aryl methyl sites for hydroxylation is 1. The fraction of sp³-hybridized carbons (Fsp3) is 0.250. The second kappa shape index (κ2) is 11.5. The van der Waals surface area contributed by atoms with Crippen molar-refractivity contribution in [3.63, 3.8) is 0 Å². The zero-order valence-corrected chi connectivity index (χ0v) is 19.8. The lowest BCUT2D eigenvalue weighted by Gasteiger charge is -2.12. The van der Waals surface area contributed by atoms with Gasteiger partial charge in [-0.05, 0) is 57.2 Å². The van der Waals surface area contributed by atoms with Crippen molar-refractivity contribution in [2.75, 3.05) is 23.0 Å². The number of hydrogen-bond acceptors (Lipinski definition) is 6. The topological polar surface area (TPSA) is 102 Å². The normalized spacial score (nSPS) is 11.5. The van der Waals surface area contributed by atoms with Gasteiger partial charge in [-0.2, -0.15) is 5.10 Å². The van der Waals surface area contributed by atoms with Crippen LogP contribution in [0.2, 0.25) is 0 Å². The number of hydrogen-bond donors (Lipinski definition) is 2. The number of amides is 2. The van der Waals surface area contributed by atoms with Crippen molar-refractivity contribution >= 4 is 40.9 Å². The van der Waals surface area contributed by atoms with E-state index in [9.17, 15) is 18.8 Å². The molecule has 178 valence electrons. The van der Waals surface area contributed by atoms with Crippen molar-refractivity contribution in [1.82, 2.24) is 9.78 Å². The van der Waals surface area contributed by atoms with Crippen molar-refractivity contribution in [2.24, 2.45) is 0 Å². The monoisotopic (exact) mass is 484 g/mol. The molecular formula is C24H25FN4O4S. The molecule has 10 heteroatoms. The van der Waals surface area contributed by atoms with Gasteiger partial charge in [0.25, 0.3) is 5.91 Å². The molecule has 2 aromatic carbocycles. The minimum Gasteiger partial charge on any atom is -0.455 e. The third-order valence-corrected chi connectivity index (χ3v) is 5.95. The molecule has 0 bridgehead atoms. The molecule has 0 saturated carbocycles. The Morgan fingerprint density at radius 2 is 1.71 bits per heavy atom. The van der Waals surface area contributed by atoms with Crippen LogP contribution in [0.15, 0.2) is 54.6 Å². The van der Waals surface area contributed by atoms with Gasteiger partial charge in [0.2, 0.25) is 5.91 Å². The lowest BCUT2D eigenvalue weighted by atomic mass is 10.3. The van der Waals surface area contributed by atoms with Gasteiger partial charge in [0.05, 0.1) is 28.5 Å². The smallest absolute Gasteiger partial charge is 0.319 e. The van der Waals surface area contributed by atoms with E-state index in [-0.39, 0.29) is 11.7 Å². The molecule has 1 unspecified atom stereocenters. The van der Waals surface area contributed by atoms with E-state index in [1.807, 2.05) is 37.3 Å². The van der Waals surface area contributed by atoms with Crippen LogP contribution in [0.3, 0.4) is 0 Å². The minimum absolute atomic E-state index is 0.00308. The number of nitrogens with zero attached hydrogens (tertiary/aromatic N) is 2. The number of para-hydroxylation sites is 1. The third-order valence-electron chi connectivity index (χ3n) is 4.83. The summed E-state index contributed by atoms with van der Waals surface area (Å²) < 4.78 is 19.8. The summed E-state index contributed by atoms with van der Waals surface area (Å²) in [5, 5.41) is 9.17. The Labute approximate surface area is 200 Å². The quantitative estimate of drug-likeness (QED) is 0.447. The number of esters is 1. The van der Waals surface area contributed by atoms with E-state index in [0.29, 0.717) is 17.1 Å². The largest absolute Gasteiger partial charge is 0.455 e. The SMILES string of the molecule is Cc1nn(-c2ccccc2)c(C)c1NC(=O)COC(=O)C(C)SCC(=O)Nc1ccc(F)cc1. The fourth-order valence-electron chi connectivity index (χ4n) is 3.07. The second-order valence-corrected chi connectivity index (χ2v) is 8.79. The maximum atomic E-state index is 12.9. The van der Waals surface area contributed by atoms with E-state index in [0.717, 1.165) is 23.1 Å². The van der Waals surface area contributed by atoms with Crippen LogP contribution in [0, 0.1) is 19.7 Å². The number of aromatic nitrogens is 2. The first-order valence-electron chi connectivity index (χ1n) is 10.5. The number of benzene rings is 2. The first-order chi connectivity index (χ1) is 16.2. The molecule has 1 aromatic heterocycles. The van der Waals surface area contributed by atoms with Crippen molar-refractivity contribution in [2.45, 2.75) is 26.0 Å². The highest BCUT2D eigenvalue weighted by molar-refractivity contribution is 8.01. The van der Waals surface area contributed by atoms with Gasteiger partial charge in [-0.15, -0.1) is 11.8 Å². The van der Waals surface area contributed by atoms with Crippen LogP contribution in [-0.2, 0) is 19.1 Å². The predicted octanol–water partition coefficient (Wildman–Crippen LogP) is 3.87. The first kappa shape index (κ1) is 25.0. The molecule has 0 saturated heterocycles. The van der Waals surface area contributed by atoms with Crippen LogP contribution >= 0.6 is 11.8 Å². The van der Waals surface area contributed by atoms with Crippen LogP contribution in [0.4, 0.5) is 15.8 Å². The van der Waals surface area contributed by atoms with E-state index < -0.39 is 29.6 Å². The zero-order valence-electron chi connectivity index (χ0n) is 19.0. The second-order valence-electron chi connectivity index (χ2n) is 7.46. The van der Waals surface area contributed by atoms with E-state index >= 15 is 0 Å². The highest BCUT2D eigenvalue weighted by atomic mass is 32.2. The summed E-state index contributed by atoms with van der Waals surface area (Å²) in [5.41, 5.74) is 3.27. The van der Waals surface area contributed by atoms with Gasteiger partial charge in [-0.1, -0.05) is 18.2 Å². The molecule has 0 aliphatic heterocycles. The molecule has 3 rings (SSSR count). The molecule has 34 heavy (non-hydrogen) atoms. The summed E-state index contributed by atoms with van der Waals surface area (Å²) in [6, 6.07) is 14.9. The Kier molecular flexibility index (Phi) is 8.42. The van der Waals surface area contributed by atoms with Gasteiger partial charge in [0, 0.05) is 5.69 Å². The molecule has 0 radical (unpaired) electrons. The molecule has 3 aromatic rings. The van der Waals surface area contributed by atoms with Gasteiger partial charge in [-0.25, -0.2) is 9.07 Å². The zero-order chi connectivity index (χ0) is 24.7. The Hall–Kier alpha value is -3.66. The standard InChI is InChI=1S/C24H25FN4O4S/c1-15-23(16(2)29(28-15)20-7-5-4-6-8-20)27-21(30)13-33-24(32)17(3)34-14-22(31)26-19-11-9-18(25)10-12-19/h4-12,17H,13-14H2,1-3H3,(H,26,31)(H,27,30). The van der Waals surface area contributed by atoms with Crippen molar-refractivity contribution in [3.05, 3.63) is 71.8 Å². The van der Waals surface area contributed by atoms with E-state index in [1.165, 1.54) is 24.3 Å². The van der Waals surface area contributed by atoms with Crippen LogP contribution in [0.25, 0.3) is 5.69 Å². The summed E-state index contributed by atoms with van der Waals surface area (Å²) in [6.07, 6.45) is 0. The highest BCUT2D eigenvalue weighted by Gasteiger charge is 2.20. The molecule has 0 aliphatic carbocycles. The lowest BCUT2D eigenvalue weighted by molar-refractivity contribution is -0.146. The molecule has 1 atom stereocenters. The Morgan fingerprint density at radius 1 is 1.03 bits per heavy atom. The first-order valence-corrected chi connectivity index (χ1v) is 11.5. The third kappa shape index (κ3) is 6.67. The molecule has 0 spiro atoms. The van der Waals surface area contributed by atoms with Gasteiger partial charge in [0.15, 0.2) is 6.61 Å². The number of ether oxygens (including phenoxy) is 1. The number of rotatable bonds is 9. The summed E-state index contributed by atoms with van der Waals surface area (Å²) in [5.74, 6) is -1.84. The number of carbonyl (C=O) groups is 3. The maximum Gasteiger partial charge on any atom is 0.319 e. The van der Waals surface area contributed by atoms with Crippen molar-refractivity contribution < 1.29 is 23.5 Å². The molecule has 2 amide bonds. The predicted molar refractivity (Wildman–Crippen MR) is 130 cm³/mol. The molecule has 8 nitrogen and oxygen atoms in total. The Morgan fingerprint density at radius 3 is 2.38 bits per heavy atom. The molecule has 0 aliphatic rings. The van der Waals surface area contributed by atoms with Gasteiger partial charge in [0.1, 0.15) is 11.1 Å². The summed E-state index contributed by atoms with van der Waals surface area (Å²) in [6.45, 7) is 4.75. The van der Waals surface area contributed by atoms with Crippen molar-refractivity contribution in [3.8, 4) is 5.69 Å². The summed E-state index contributed by atoms with van der Waals surface area (Å²) >= 11 is 1.07.